The zero-order valence-corrected chi connectivity index (χ0v) is 22.1. The van der Waals surface area contributed by atoms with E-state index < -0.39 is 47.1 Å². The number of nitrogens with one attached hydrogen (secondary N) is 2. The summed E-state index contributed by atoms with van der Waals surface area (Å²) in [4.78, 5) is 37.3. The lowest BCUT2D eigenvalue weighted by molar-refractivity contribution is -0.157. The largest absolute Gasteiger partial charge is 0.451 e. The maximum Gasteiger partial charge on any atom is 0.306 e. The molecule has 0 aliphatic rings. The van der Waals surface area contributed by atoms with Gasteiger partial charge in [-0.3, -0.25) is 14.4 Å². The summed E-state index contributed by atoms with van der Waals surface area (Å²) < 4.78 is 32.6. The summed E-state index contributed by atoms with van der Waals surface area (Å²) in [5, 5.41) is 5.55. The highest BCUT2D eigenvalue weighted by molar-refractivity contribution is 5.84. The number of hydrogen-bond donors (Lipinski definition) is 4. The van der Waals surface area contributed by atoms with Gasteiger partial charge in [0.05, 0.1) is 6.04 Å². The molecule has 0 radical (unpaired) electrons. The number of esters is 1. The van der Waals surface area contributed by atoms with Gasteiger partial charge in [0.15, 0.2) is 6.10 Å². The Kier molecular flexibility index (Phi) is 11.8. The standard InChI is InChI=1S/C28H38F2N4O4/c1-4-25(36)38-26(23(32)12-18-8-6-5-7-9-18)27(37)34-17-28(2,3)16-33-24(35)15-21(31)14-19-13-20(29)10-11-22(19)30/h5-11,13,21,23,26H,4,12,14-17,31-32H2,1-3H3,(H,33,35)(H,34,37). The summed E-state index contributed by atoms with van der Waals surface area (Å²) in [6, 6.07) is 11.0. The molecule has 208 valence electrons. The lowest BCUT2D eigenvalue weighted by atomic mass is 9.92. The topological polar surface area (TPSA) is 137 Å². The second-order valence-electron chi connectivity index (χ2n) is 10.2. The van der Waals surface area contributed by atoms with Crippen LogP contribution in [-0.4, -0.2) is 49.1 Å². The van der Waals surface area contributed by atoms with Crippen molar-refractivity contribution in [2.75, 3.05) is 13.1 Å². The van der Waals surface area contributed by atoms with Crippen molar-refractivity contribution in [1.82, 2.24) is 10.6 Å². The summed E-state index contributed by atoms with van der Waals surface area (Å²) in [5.74, 6) is -2.56. The van der Waals surface area contributed by atoms with Gasteiger partial charge in [0, 0.05) is 32.0 Å². The van der Waals surface area contributed by atoms with Gasteiger partial charge in [-0.1, -0.05) is 51.1 Å². The molecule has 10 heteroatoms. The van der Waals surface area contributed by atoms with E-state index in [4.69, 9.17) is 16.2 Å². The van der Waals surface area contributed by atoms with Gasteiger partial charge < -0.3 is 26.8 Å². The first-order valence-corrected chi connectivity index (χ1v) is 12.6. The average Bonchev–Trinajstić information content (AvgIpc) is 2.87. The first-order chi connectivity index (χ1) is 17.9. The maximum absolute atomic E-state index is 13.8. The molecule has 0 saturated carbocycles. The number of carbonyl (C=O) groups excluding carboxylic acids is 3. The highest BCUT2D eigenvalue weighted by Crippen LogP contribution is 2.15. The van der Waals surface area contributed by atoms with Gasteiger partial charge in [0.1, 0.15) is 11.6 Å². The Morgan fingerprint density at radius 2 is 1.63 bits per heavy atom. The van der Waals surface area contributed by atoms with Crippen molar-refractivity contribution in [1.29, 1.82) is 0 Å². The summed E-state index contributed by atoms with van der Waals surface area (Å²) in [6.07, 6.45) is -0.795. The van der Waals surface area contributed by atoms with E-state index in [1.54, 1.807) is 6.92 Å². The van der Waals surface area contributed by atoms with Crippen molar-refractivity contribution in [2.24, 2.45) is 16.9 Å². The maximum atomic E-state index is 13.8. The van der Waals surface area contributed by atoms with Gasteiger partial charge in [-0.15, -0.1) is 0 Å². The van der Waals surface area contributed by atoms with Crippen LogP contribution in [-0.2, 0) is 32.0 Å². The molecule has 0 fully saturated rings. The predicted octanol–water partition coefficient (Wildman–Crippen LogP) is 2.38. The minimum atomic E-state index is -1.17. The SMILES string of the molecule is CCC(=O)OC(C(=O)NCC(C)(C)CNC(=O)CC(N)Cc1cc(F)ccc1F)C(N)Cc1ccccc1. The van der Waals surface area contributed by atoms with Crippen molar-refractivity contribution in [3.05, 3.63) is 71.3 Å². The van der Waals surface area contributed by atoms with E-state index in [-0.39, 0.29) is 43.8 Å². The van der Waals surface area contributed by atoms with Crippen LogP contribution in [0.25, 0.3) is 0 Å². The number of benzene rings is 2. The summed E-state index contributed by atoms with van der Waals surface area (Å²) in [6.45, 7) is 5.69. The molecule has 3 unspecified atom stereocenters. The Morgan fingerprint density at radius 3 is 2.29 bits per heavy atom. The van der Waals surface area contributed by atoms with Crippen LogP contribution in [0.2, 0.25) is 0 Å². The molecule has 0 aliphatic heterocycles. The van der Waals surface area contributed by atoms with E-state index in [1.165, 1.54) is 0 Å². The van der Waals surface area contributed by atoms with E-state index in [0.29, 0.717) is 6.42 Å². The highest BCUT2D eigenvalue weighted by Gasteiger charge is 2.31. The summed E-state index contributed by atoms with van der Waals surface area (Å²) in [5.41, 5.74) is 12.7. The van der Waals surface area contributed by atoms with E-state index in [1.807, 2.05) is 44.2 Å². The van der Waals surface area contributed by atoms with Crippen LogP contribution in [0.4, 0.5) is 8.78 Å². The third kappa shape index (κ3) is 10.5. The number of carbonyl (C=O) groups is 3. The van der Waals surface area contributed by atoms with Gasteiger partial charge >= 0.3 is 5.97 Å². The number of halogens is 2. The molecule has 0 spiro atoms. The molecule has 0 heterocycles. The lowest BCUT2D eigenvalue weighted by Crippen LogP contribution is -2.52. The van der Waals surface area contributed by atoms with Gasteiger partial charge in [-0.05, 0) is 47.6 Å². The Bertz CT molecular complexity index is 1080. The minimum absolute atomic E-state index is 0.0115. The smallest absolute Gasteiger partial charge is 0.306 e. The van der Waals surface area contributed by atoms with Crippen molar-refractivity contribution in [3.8, 4) is 0 Å². The second kappa shape index (κ2) is 14.5. The zero-order valence-electron chi connectivity index (χ0n) is 22.1. The van der Waals surface area contributed by atoms with E-state index in [9.17, 15) is 23.2 Å². The second-order valence-corrected chi connectivity index (χ2v) is 10.2. The van der Waals surface area contributed by atoms with Crippen LogP contribution in [0.1, 0.15) is 44.7 Å². The number of nitrogens with two attached hydrogens (primary N) is 2. The van der Waals surface area contributed by atoms with Crippen LogP contribution in [0.5, 0.6) is 0 Å². The third-order valence-corrected chi connectivity index (χ3v) is 5.95. The van der Waals surface area contributed by atoms with E-state index in [2.05, 4.69) is 10.6 Å². The van der Waals surface area contributed by atoms with E-state index in [0.717, 1.165) is 23.8 Å². The average molecular weight is 533 g/mol. The Hall–Kier alpha value is -3.37. The highest BCUT2D eigenvalue weighted by atomic mass is 19.1. The van der Waals surface area contributed by atoms with Crippen LogP contribution < -0.4 is 22.1 Å². The Balaban J connectivity index is 1.87. The van der Waals surface area contributed by atoms with E-state index >= 15 is 0 Å². The fourth-order valence-corrected chi connectivity index (χ4v) is 3.75. The molecule has 0 aromatic heterocycles. The monoisotopic (exact) mass is 532 g/mol. The van der Waals surface area contributed by atoms with Gasteiger partial charge in [0.2, 0.25) is 5.91 Å². The molecular weight excluding hydrogens is 494 g/mol. The molecule has 2 aromatic rings. The molecule has 2 aromatic carbocycles. The molecule has 8 nitrogen and oxygen atoms in total. The minimum Gasteiger partial charge on any atom is -0.451 e. The van der Waals surface area contributed by atoms with Crippen LogP contribution in [0, 0.1) is 17.0 Å². The molecule has 38 heavy (non-hydrogen) atoms. The van der Waals surface area contributed by atoms with Crippen molar-refractivity contribution in [2.45, 2.75) is 64.6 Å². The zero-order chi connectivity index (χ0) is 28.3. The lowest BCUT2D eigenvalue weighted by Gasteiger charge is -2.28. The number of rotatable bonds is 14. The molecule has 3 atom stereocenters. The van der Waals surface area contributed by atoms with Crippen LogP contribution in [0.15, 0.2) is 48.5 Å². The first kappa shape index (κ1) is 30.9. The fourth-order valence-electron chi connectivity index (χ4n) is 3.75. The Labute approximate surface area is 222 Å². The summed E-state index contributed by atoms with van der Waals surface area (Å²) in [7, 11) is 0. The quantitative estimate of drug-likeness (QED) is 0.276. The normalized spacial score (nSPS) is 13.8. The van der Waals surface area contributed by atoms with Gasteiger partial charge in [0.25, 0.3) is 5.91 Å². The van der Waals surface area contributed by atoms with Crippen molar-refractivity contribution >= 4 is 17.8 Å². The number of hydrogen-bond acceptors (Lipinski definition) is 6. The van der Waals surface area contributed by atoms with Crippen molar-refractivity contribution in [3.63, 3.8) is 0 Å². The molecule has 0 aliphatic carbocycles. The first-order valence-electron chi connectivity index (χ1n) is 12.6. The molecule has 0 bridgehead atoms. The number of amides is 2. The molecule has 2 amide bonds. The van der Waals surface area contributed by atoms with Crippen molar-refractivity contribution < 1.29 is 27.9 Å². The third-order valence-electron chi connectivity index (χ3n) is 5.95. The van der Waals surface area contributed by atoms with Crippen LogP contribution >= 0.6 is 0 Å². The molecule has 6 N–H and O–H groups in total. The molecular formula is C28H38F2N4O4. The number of ether oxygens (including phenoxy) is 1. The predicted molar refractivity (Wildman–Crippen MR) is 141 cm³/mol. The van der Waals surface area contributed by atoms with Crippen LogP contribution in [0.3, 0.4) is 0 Å². The Morgan fingerprint density at radius 1 is 0.974 bits per heavy atom. The summed E-state index contributed by atoms with van der Waals surface area (Å²) >= 11 is 0. The molecule has 0 saturated heterocycles. The molecule has 2 rings (SSSR count). The van der Waals surface area contributed by atoms with Gasteiger partial charge in [-0.2, -0.15) is 0 Å². The van der Waals surface area contributed by atoms with Gasteiger partial charge in [-0.25, -0.2) is 8.78 Å². The fraction of sp³-hybridized carbons (Fsp3) is 0.464.